The number of carbonyl (C=O) groups is 5. The van der Waals surface area contributed by atoms with Crippen molar-refractivity contribution in [2.75, 3.05) is 11.1 Å². The number of hydrogen-bond donors (Lipinski definition) is 3. The maximum Gasteiger partial charge on any atom is 0.342 e. The number of aromatic nitrogens is 1. The molecule has 2 aliphatic rings. The van der Waals surface area contributed by atoms with Crippen molar-refractivity contribution in [3.63, 3.8) is 0 Å². The summed E-state index contributed by atoms with van der Waals surface area (Å²) in [4.78, 5) is 71.0. The number of thioether (sulfide) groups is 1. The van der Waals surface area contributed by atoms with E-state index < -0.39 is 23.8 Å². The van der Waals surface area contributed by atoms with Crippen LogP contribution in [0.4, 0.5) is 5.82 Å². The normalized spacial score (nSPS) is 20.9. The number of esters is 1. The second kappa shape index (κ2) is 17.3. The first kappa shape index (κ1) is 40.4. The number of amides is 2. The number of hydrogen-bond acceptors (Lipinski definition) is 9. The summed E-state index contributed by atoms with van der Waals surface area (Å²) < 4.78 is 6.11. The maximum absolute atomic E-state index is 13.8. The van der Waals surface area contributed by atoms with E-state index in [4.69, 9.17) is 4.74 Å². The topological polar surface area (TPSA) is 188 Å². The molecule has 3 N–H and O–H groups in total. The van der Waals surface area contributed by atoms with Gasteiger partial charge in [0.1, 0.15) is 23.4 Å². The largest absolute Gasteiger partial charge is 0.545 e. The third-order valence-corrected chi connectivity index (χ3v) is 10.1. The van der Waals surface area contributed by atoms with Gasteiger partial charge in [0.15, 0.2) is 0 Å². The molecule has 1 aliphatic heterocycles. The van der Waals surface area contributed by atoms with Crippen molar-refractivity contribution < 1.29 is 58.4 Å². The van der Waals surface area contributed by atoms with Gasteiger partial charge in [-0.1, -0.05) is 32.7 Å². The van der Waals surface area contributed by atoms with Gasteiger partial charge in [-0.15, -0.1) is 11.8 Å². The molecule has 50 heavy (non-hydrogen) atoms. The number of ether oxygens (including phenoxy) is 1. The number of carbonyl (C=O) groups excluding carboxylic acids is 4. The summed E-state index contributed by atoms with van der Waals surface area (Å²) in [5.41, 5.74) is 2.90. The monoisotopic (exact) mass is 754 g/mol. The number of amidine groups is 1. The van der Waals surface area contributed by atoms with Crippen molar-refractivity contribution in [1.82, 2.24) is 10.3 Å². The molecule has 1 aromatic heterocycles. The Labute approximate surface area is 308 Å². The molecule has 1 saturated carbocycles. The summed E-state index contributed by atoms with van der Waals surface area (Å²) in [5.74, 6) is -2.23. The number of allylic oxidation sites excluding steroid dienone is 1. The minimum atomic E-state index is -1.47. The Morgan fingerprint density at radius 3 is 2.32 bits per heavy atom. The number of benzene rings is 1. The number of carboxylic acid groups (broad SMARTS) is 2. The van der Waals surface area contributed by atoms with E-state index >= 15 is 0 Å². The van der Waals surface area contributed by atoms with Crippen molar-refractivity contribution >= 4 is 59.2 Å². The number of carboxylic acids is 2. The molecule has 2 aromatic rings. The van der Waals surface area contributed by atoms with Crippen LogP contribution in [0.25, 0.3) is 6.08 Å². The van der Waals surface area contributed by atoms with Crippen LogP contribution in [0.3, 0.4) is 0 Å². The van der Waals surface area contributed by atoms with E-state index in [0.29, 0.717) is 45.8 Å². The van der Waals surface area contributed by atoms with E-state index in [9.17, 15) is 34.2 Å². The molecule has 0 radical (unpaired) electrons. The van der Waals surface area contributed by atoms with Crippen LogP contribution < -0.4 is 20.7 Å². The Hall–Kier alpha value is -4.03. The van der Waals surface area contributed by atoms with E-state index in [1.165, 1.54) is 30.8 Å². The summed E-state index contributed by atoms with van der Waals surface area (Å²) in [5, 5.41) is 26.2. The molecule has 2 unspecified atom stereocenters. The van der Waals surface area contributed by atoms with Crippen LogP contribution in [0.15, 0.2) is 44.9 Å². The van der Waals surface area contributed by atoms with Gasteiger partial charge >= 0.3 is 11.9 Å². The predicted molar refractivity (Wildman–Crippen MR) is 184 cm³/mol. The third kappa shape index (κ3) is 9.60. The fraction of sp³-hybridized carbons (Fsp3) is 0.444. The zero-order valence-electron chi connectivity index (χ0n) is 29.5. The number of aromatic carboxylic acids is 2. The van der Waals surface area contributed by atoms with Gasteiger partial charge in [0.05, 0.1) is 17.2 Å². The Morgan fingerprint density at radius 2 is 1.72 bits per heavy atom. The Bertz CT molecular complexity index is 1770. The summed E-state index contributed by atoms with van der Waals surface area (Å²) >= 11 is 1.19. The fourth-order valence-corrected chi connectivity index (χ4v) is 7.41. The molecule has 2 atom stereocenters. The molecule has 0 spiro atoms. The average Bonchev–Trinajstić information content (AvgIpc) is 3.45. The van der Waals surface area contributed by atoms with Crippen LogP contribution >= 0.6 is 11.8 Å². The molecule has 0 bridgehead atoms. The van der Waals surface area contributed by atoms with Gasteiger partial charge in [0.25, 0.3) is 0 Å². The molecule has 2 heterocycles. The molecule has 1 fully saturated rings. The second-order valence-electron chi connectivity index (χ2n) is 13.0. The van der Waals surface area contributed by atoms with Crippen LogP contribution in [0, 0.1) is 31.6 Å². The Balaban J connectivity index is 0.00000676. The van der Waals surface area contributed by atoms with Crippen molar-refractivity contribution in [2.24, 2.45) is 22.7 Å². The number of anilines is 1. The molecule has 0 saturated heterocycles. The SMILES string of the molecule is CC(=O)Nc1[n-]c(/C=C2\N=C(NC(=O)CCCSc3ccc(C(=O)[O-])cc3C(=O)O)C(C(=O)OC3C(C)CC(C)CC3C)=C2C)c(C)c1C.[Zn]. The molecule has 264 valence electrons. The van der Waals surface area contributed by atoms with Crippen molar-refractivity contribution in [3.8, 4) is 0 Å². The molecule has 4 rings (SSSR count). The van der Waals surface area contributed by atoms with Gasteiger partial charge in [-0.25, -0.2) is 14.6 Å². The van der Waals surface area contributed by atoms with E-state index in [0.717, 1.165) is 30.0 Å². The van der Waals surface area contributed by atoms with Crippen LogP contribution in [-0.4, -0.2) is 52.5 Å². The Kier molecular flexibility index (Phi) is 14.0. The smallest absolute Gasteiger partial charge is 0.342 e. The van der Waals surface area contributed by atoms with Gasteiger partial charge in [-0.3, -0.25) is 9.59 Å². The van der Waals surface area contributed by atoms with E-state index in [2.05, 4.69) is 41.4 Å². The molecule has 1 aromatic carbocycles. The van der Waals surface area contributed by atoms with E-state index in [-0.39, 0.29) is 72.3 Å². The number of nitrogens with one attached hydrogen (secondary N) is 2. The standard InChI is InChI=1S/C36H44N4O8S.Zn/c1-17-13-18(2)31(19(3)14-17)48-36(47)30-22(6)27(16-26-20(4)21(5)32(38-26)37-23(7)41)39-33(30)40-29(42)9-8-12-49-28-11-10-24(34(43)44)15-25(28)35(45)46;/h10-11,15-19,31H,8-9,12-14H2,1-7H3,(H5,37,38,39,40,41,42,43,44,45,46,47);/p-2. The first-order valence-electron chi connectivity index (χ1n) is 16.2. The average molecular weight is 756 g/mol. The molecule has 2 amide bonds. The zero-order chi connectivity index (χ0) is 36.2. The van der Waals surface area contributed by atoms with Crippen LogP contribution in [-0.2, 0) is 38.6 Å². The maximum atomic E-state index is 13.8. The van der Waals surface area contributed by atoms with E-state index in [1.54, 1.807) is 13.0 Å². The number of rotatable bonds is 11. The van der Waals surface area contributed by atoms with Crippen LogP contribution in [0.2, 0.25) is 0 Å². The predicted octanol–water partition coefficient (Wildman–Crippen LogP) is 4.65. The van der Waals surface area contributed by atoms with Gasteiger partial charge in [-0.05, 0) is 117 Å². The summed E-state index contributed by atoms with van der Waals surface area (Å²) in [7, 11) is 0. The van der Waals surface area contributed by atoms with Gasteiger partial charge in [0.2, 0.25) is 5.91 Å². The van der Waals surface area contributed by atoms with Crippen molar-refractivity contribution in [2.45, 2.75) is 85.1 Å². The van der Waals surface area contributed by atoms with Crippen LogP contribution in [0.1, 0.15) is 97.8 Å². The van der Waals surface area contributed by atoms with Gasteiger partial charge < -0.3 is 35.4 Å². The summed E-state index contributed by atoms with van der Waals surface area (Å²) in [6, 6.07) is 3.74. The number of aliphatic imine (C=N–C) groups is 1. The van der Waals surface area contributed by atoms with Crippen molar-refractivity contribution in [1.29, 1.82) is 0 Å². The van der Waals surface area contributed by atoms with E-state index in [1.807, 2.05) is 13.8 Å². The molecular formula is C36H42N4O8SZn-2. The fourth-order valence-electron chi connectivity index (χ4n) is 6.43. The molecule has 14 heteroatoms. The number of nitrogens with zero attached hydrogens (tertiary/aromatic N) is 2. The van der Waals surface area contributed by atoms with Gasteiger partial charge in [0, 0.05) is 30.8 Å². The Morgan fingerprint density at radius 1 is 1.06 bits per heavy atom. The molecule has 12 nitrogen and oxygen atoms in total. The molecular weight excluding hydrogens is 714 g/mol. The second-order valence-corrected chi connectivity index (χ2v) is 14.1. The van der Waals surface area contributed by atoms with Crippen LogP contribution in [0.5, 0.6) is 0 Å². The zero-order valence-corrected chi connectivity index (χ0v) is 33.3. The quantitative estimate of drug-likeness (QED) is 0.126. The summed E-state index contributed by atoms with van der Waals surface area (Å²) in [6.45, 7) is 13.2. The minimum absolute atomic E-state index is 0. The third-order valence-electron chi connectivity index (χ3n) is 8.96. The molecule has 1 aliphatic carbocycles. The minimum Gasteiger partial charge on any atom is -0.545 e. The van der Waals surface area contributed by atoms with Gasteiger partial charge in [-0.2, -0.15) is 0 Å². The van der Waals surface area contributed by atoms with Crippen molar-refractivity contribution in [3.05, 3.63) is 63.0 Å². The first-order chi connectivity index (χ1) is 23.1. The first-order valence-corrected chi connectivity index (χ1v) is 17.2. The summed E-state index contributed by atoms with van der Waals surface area (Å²) in [6.07, 6.45) is 3.70.